The molecule has 120 valence electrons. The van der Waals surface area contributed by atoms with Crippen molar-refractivity contribution in [3.05, 3.63) is 59.1 Å². The molecular weight excluding hydrogens is 318 g/mol. The molecule has 0 aromatic heterocycles. The first-order valence-corrected chi connectivity index (χ1v) is 7.29. The molecule has 0 unspecified atom stereocenters. The molecule has 1 atom stereocenters. The third kappa shape index (κ3) is 4.47. The number of rotatable bonds is 5. The minimum absolute atomic E-state index is 0.265. The molecule has 0 aliphatic rings. The number of nitrogens with one attached hydrogen (secondary N) is 1. The minimum atomic E-state index is -0.955. The lowest BCUT2D eigenvalue weighted by Crippen LogP contribution is -2.30. The quantitative estimate of drug-likeness (QED) is 0.850. The van der Waals surface area contributed by atoms with Gasteiger partial charge in [-0.2, -0.15) is 0 Å². The number of amides is 1. The zero-order valence-electron chi connectivity index (χ0n) is 12.7. The minimum Gasteiger partial charge on any atom is -0.496 e. The molecule has 6 heteroatoms. The van der Waals surface area contributed by atoms with Crippen LogP contribution in [0.25, 0.3) is 0 Å². The van der Waals surface area contributed by atoms with Crippen LogP contribution in [0.1, 0.15) is 17.3 Å². The molecule has 0 heterocycles. The van der Waals surface area contributed by atoms with Gasteiger partial charge in [0.05, 0.1) is 7.11 Å². The van der Waals surface area contributed by atoms with Gasteiger partial charge >= 0.3 is 5.97 Å². The SMILES string of the molecule is COc1ccccc1C(=O)O[C@@H](C)C(=O)Nc1ccc(Cl)cc1. The highest BCUT2D eigenvalue weighted by molar-refractivity contribution is 6.30. The Morgan fingerprint density at radius 2 is 1.74 bits per heavy atom. The highest BCUT2D eigenvalue weighted by Crippen LogP contribution is 2.19. The molecule has 1 amide bonds. The maximum absolute atomic E-state index is 12.1. The number of anilines is 1. The summed E-state index contributed by atoms with van der Waals surface area (Å²) in [6.45, 7) is 1.50. The fraction of sp³-hybridized carbons (Fsp3) is 0.176. The topological polar surface area (TPSA) is 64.6 Å². The van der Waals surface area contributed by atoms with Gasteiger partial charge in [-0.15, -0.1) is 0 Å². The van der Waals surface area contributed by atoms with Crippen LogP contribution in [0.15, 0.2) is 48.5 Å². The lowest BCUT2D eigenvalue weighted by atomic mass is 10.2. The summed E-state index contributed by atoms with van der Waals surface area (Å²) in [7, 11) is 1.46. The van der Waals surface area contributed by atoms with Crippen molar-refractivity contribution < 1.29 is 19.1 Å². The van der Waals surface area contributed by atoms with E-state index in [0.29, 0.717) is 16.5 Å². The van der Waals surface area contributed by atoms with Crippen LogP contribution < -0.4 is 10.1 Å². The second-order valence-corrected chi connectivity index (χ2v) is 5.18. The summed E-state index contributed by atoms with van der Waals surface area (Å²) in [6.07, 6.45) is -0.955. The first kappa shape index (κ1) is 16.8. The van der Waals surface area contributed by atoms with Crippen molar-refractivity contribution in [1.82, 2.24) is 0 Å². The van der Waals surface area contributed by atoms with E-state index in [9.17, 15) is 9.59 Å². The third-order valence-corrected chi connectivity index (χ3v) is 3.34. The second kappa shape index (κ2) is 7.65. The highest BCUT2D eigenvalue weighted by Gasteiger charge is 2.21. The number of halogens is 1. The highest BCUT2D eigenvalue weighted by atomic mass is 35.5. The van der Waals surface area contributed by atoms with E-state index in [2.05, 4.69) is 5.32 Å². The van der Waals surface area contributed by atoms with Gasteiger partial charge in [0.25, 0.3) is 5.91 Å². The Kier molecular flexibility index (Phi) is 5.60. The van der Waals surface area contributed by atoms with Gasteiger partial charge in [-0.05, 0) is 43.3 Å². The van der Waals surface area contributed by atoms with Gasteiger partial charge < -0.3 is 14.8 Å². The fourth-order valence-corrected chi connectivity index (χ4v) is 1.99. The van der Waals surface area contributed by atoms with Crippen LogP contribution in [0, 0.1) is 0 Å². The smallest absolute Gasteiger partial charge is 0.342 e. The molecule has 0 fully saturated rings. The van der Waals surface area contributed by atoms with E-state index in [1.807, 2.05) is 0 Å². The Hall–Kier alpha value is -2.53. The van der Waals surface area contributed by atoms with Gasteiger partial charge in [-0.1, -0.05) is 23.7 Å². The Morgan fingerprint density at radius 1 is 1.09 bits per heavy atom. The van der Waals surface area contributed by atoms with Crippen LogP contribution in [-0.2, 0) is 9.53 Å². The van der Waals surface area contributed by atoms with Crippen molar-refractivity contribution in [2.75, 3.05) is 12.4 Å². The Bertz CT molecular complexity index is 700. The number of carbonyl (C=O) groups excluding carboxylic acids is 2. The summed E-state index contributed by atoms with van der Waals surface area (Å²) in [6, 6.07) is 13.3. The van der Waals surface area contributed by atoms with Crippen molar-refractivity contribution in [2.24, 2.45) is 0 Å². The van der Waals surface area contributed by atoms with E-state index >= 15 is 0 Å². The van der Waals surface area contributed by atoms with E-state index in [4.69, 9.17) is 21.1 Å². The van der Waals surface area contributed by atoms with Crippen molar-refractivity contribution in [3.8, 4) is 5.75 Å². The third-order valence-electron chi connectivity index (χ3n) is 3.09. The Balaban J connectivity index is 2.00. The summed E-state index contributed by atoms with van der Waals surface area (Å²) in [5.41, 5.74) is 0.834. The van der Waals surface area contributed by atoms with Crippen LogP contribution in [-0.4, -0.2) is 25.1 Å². The fourth-order valence-electron chi connectivity index (χ4n) is 1.87. The van der Waals surface area contributed by atoms with Gasteiger partial charge in [0, 0.05) is 10.7 Å². The van der Waals surface area contributed by atoms with Crippen LogP contribution in [0.4, 0.5) is 5.69 Å². The first-order chi connectivity index (χ1) is 11.0. The first-order valence-electron chi connectivity index (χ1n) is 6.91. The zero-order chi connectivity index (χ0) is 16.8. The molecule has 1 N–H and O–H groups in total. The molecule has 5 nitrogen and oxygen atoms in total. The van der Waals surface area contributed by atoms with Gasteiger partial charge in [-0.25, -0.2) is 4.79 Å². The predicted octanol–water partition coefficient (Wildman–Crippen LogP) is 3.53. The number of benzene rings is 2. The number of ether oxygens (including phenoxy) is 2. The van der Waals surface area contributed by atoms with E-state index in [0.717, 1.165) is 0 Å². The van der Waals surface area contributed by atoms with E-state index in [1.54, 1.807) is 48.5 Å². The van der Waals surface area contributed by atoms with Crippen LogP contribution in [0.5, 0.6) is 5.75 Å². The predicted molar refractivity (Wildman–Crippen MR) is 88.0 cm³/mol. The van der Waals surface area contributed by atoms with Crippen LogP contribution >= 0.6 is 11.6 Å². The summed E-state index contributed by atoms with van der Waals surface area (Å²) in [5, 5.41) is 3.22. The van der Waals surface area contributed by atoms with Crippen LogP contribution in [0.3, 0.4) is 0 Å². The molecule has 23 heavy (non-hydrogen) atoms. The molecule has 0 saturated carbocycles. The normalized spacial score (nSPS) is 11.4. The molecular formula is C17H16ClNO4. The molecule has 2 rings (SSSR count). The maximum Gasteiger partial charge on any atom is 0.342 e. The van der Waals surface area contributed by atoms with Crippen molar-refractivity contribution in [1.29, 1.82) is 0 Å². The van der Waals surface area contributed by atoms with Gasteiger partial charge in [0.15, 0.2) is 6.10 Å². The summed E-state index contributed by atoms with van der Waals surface area (Å²) in [5.74, 6) is -0.667. The summed E-state index contributed by atoms with van der Waals surface area (Å²) >= 11 is 5.78. The van der Waals surface area contributed by atoms with E-state index in [1.165, 1.54) is 14.0 Å². The monoisotopic (exact) mass is 333 g/mol. The Morgan fingerprint density at radius 3 is 2.39 bits per heavy atom. The summed E-state index contributed by atoms with van der Waals surface area (Å²) < 4.78 is 10.3. The second-order valence-electron chi connectivity index (χ2n) is 4.74. The number of para-hydroxylation sites is 1. The number of methoxy groups -OCH3 is 1. The van der Waals surface area contributed by atoms with Crippen molar-refractivity contribution in [2.45, 2.75) is 13.0 Å². The molecule has 0 bridgehead atoms. The average molecular weight is 334 g/mol. The van der Waals surface area contributed by atoms with E-state index in [-0.39, 0.29) is 5.56 Å². The molecule has 0 aliphatic heterocycles. The molecule has 0 aliphatic carbocycles. The standard InChI is InChI=1S/C17H16ClNO4/c1-11(16(20)19-13-9-7-12(18)8-10-13)23-17(21)14-5-3-4-6-15(14)22-2/h3-11H,1-2H3,(H,19,20)/t11-/m0/s1. The molecule has 2 aromatic rings. The van der Waals surface area contributed by atoms with Gasteiger partial charge in [-0.3, -0.25) is 4.79 Å². The molecule has 2 aromatic carbocycles. The van der Waals surface area contributed by atoms with Crippen molar-refractivity contribution in [3.63, 3.8) is 0 Å². The van der Waals surface area contributed by atoms with E-state index < -0.39 is 18.0 Å². The summed E-state index contributed by atoms with van der Waals surface area (Å²) in [4.78, 5) is 24.2. The molecule has 0 saturated heterocycles. The molecule has 0 spiro atoms. The lowest BCUT2D eigenvalue weighted by Gasteiger charge is -2.14. The van der Waals surface area contributed by atoms with Crippen LogP contribution in [0.2, 0.25) is 5.02 Å². The Labute approximate surface area is 139 Å². The average Bonchev–Trinajstić information content (AvgIpc) is 2.56. The number of hydrogen-bond donors (Lipinski definition) is 1. The maximum atomic E-state index is 12.1. The largest absolute Gasteiger partial charge is 0.496 e. The number of carbonyl (C=O) groups is 2. The number of hydrogen-bond acceptors (Lipinski definition) is 4. The van der Waals surface area contributed by atoms with Gasteiger partial charge in [0.2, 0.25) is 0 Å². The van der Waals surface area contributed by atoms with Crippen molar-refractivity contribution >= 4 is 29.2 Å². The zero-order valence-corrected chi connectivity index (χ0v) is 13.5. The van der Waals surface area contributed by atoms with Gasteiger partial charge in [0.1, 0.15) is 11.3 Å². The lowest BCUT2D eigenvalue weighted by molar-refractivity contribution is -0.123. The number of esters is 1. The molecule has 0 radical (unpaired) electrons.